The van der Waals surface area contributed by atoms with Gasteiger partial charge in [0.2, 0.25) is 0 Å². The average molecular weight is 515 g/mol. The molecule has 1 amide bonds. The minimum absolute atomic E-state index is 0.158. The number of nitrogens with one attached hydrogen (secondary N) is 1. The molecule has 2 N–H and O–H groups in total. The van der Waals surface area contributed by atoms with Crippen molar-refractivity contribution in [1.82, 2.24) is 20.5 Å². The summed E-state index contributed by atoms with van der Waals surface area (Å²) in [7, 11) is 0. The Balaban J connectivity index is 1.28. The van der Waals surface area contributed by atoms with Crippen LogP contribution in [-0.4, -0.2) is 58.0 Å². The molecular formula is C29H34N6O3. The first-order valence-electron chi connectivity index (χ1n) is 13.1. The SMILES string of the molecule is CC1(C)[C@H](NC(=O)c2ccc(N3CCC(CO)CC3)nn2)C(C)(C)[C@H]1Oc1ccc(C#N)c2ncccc12. The number of piperidine rings is 1. The number of aliphatic hydroxyl groups is 1. The minimum atomic E-state index is -0.369. The summed E-state index contributed by atoms with van der Waals surface area (Å²) < 4.78 is 6.56. The maximum absolute atomic E-state index is 13.2. The van der Waals surface area contributed by atoms with Gasteiger partial charge in [0.15, 0.2) is 11.5 Å². The Bertz CT molecular complexity index is 1360. The number of rotatable bonds is 6. The van der Waals surface area contributed by atoms with Crippen LogP contribution in [0.5, 0.6) is 5.75 Å². The molecule has 1 aliphatic heterocycles. The zero-order valence-electron chi connectivity index (χ0n) is 22.3. The zero-order valence-corrected chi connectivity index (χ0v) is 22.3. The molecule has 0 radical (unpaired) electrons. The fourth-order valence-corrected chi connectivity index (χ4v) is 6.43. The summed E-state index contributed by atoms with van der Waals surface area (Å²) in [6.45, 7) is 10.2. The lowest BCUT2D eigenvalue weighted by Gasteiger charge is -2.63. The minimum Gasteiger partial charge on any atom is -0.488 e. The number of carbonyl (C=O) groups excluding carboxylic acids is 1. The van der Waals surface area contributed by atoms with Crippen molar-refractivity contribution in [2.24, 2.45) is 16.7 Å². The number of benzene rings is 1. The molecule has 3 aromatic rings. The maximum Gasteiger partial charge on any atom is 0.272 e. The molecule has 198 valence electrons. The lowest BCUT2D eigenvalue weighted by Crippen LogP contribution is -2.74. The van der Waals surface area contributed by atoms with Crippen molar-refractivity contribution >= 4 is 22.6 Å². The highest BCUT2D eigenvalue weighted by Gasteiger charge is 2.64. The van der Waals surface area contributed by atoms with Crippen LogP contribution in [0.1, 0.15) is 56.6 Å². The second-order valence-corrected chi connectivity index (χ2v) is 11.6. The van der Waals surface area contributed by atoms with Crippen LogP contribution in [0.15, 0.2) is 42.6 Å². The molecule has 1 saturated heterocycles. The second-order valence-electron chi connectivity index (χ2n) is 11.6. The first-order chi connectivity index (χ1) is 18.2. The number of aromatic nitrogens is 3. The van der Waals surface area contributed by atoms with E-state index in [1.54, 1.807) is 18.3 Å². The van der Waals surface area contributed by atoms with Crippen molar-refractivity contribution in [3.8, 4) is 11.8 Å². The lowest BCUT2D eigenvalue weighted by atomic mass is 9.49. The van der Waals surface area contributed by atoms with Gasteiger partial charge in [0.1, 0.15) is 17.9 Å². The van der Waals surface area contributed by atoms with E-state index in [1.165, 1.54) is 0 Å². The summed E-state index contributed by atoms with van der Waals surface area (Å²) in [4.78, 5) is 19.7. The van der Waals surface area contributed by atoms with Gasteiger partial charge in [0, 0.05) is 48.2 Å². The van der Waals surface area contributed by atoms with E-state index in [2.05, 4.69) is 59.2 Å². The van der Waals surface area contributed by atoms with Gasteiger partial charge in [-0.05, 0) is 55.2 Å². The monoisotopic (exact) mass is 514 g/mol. The van der Waals surface area contributed by atoms with Crippen molar-refractivity contribution in [2.75, 3.05) is 24.6 Å². The van der Waals surface area contributed by atoms with E-state index in [9.17, 15) is 15.2 Å². The van der Waals surface area contributed by atoms with Gasteiger partial charge in [-0.2, -0.15) is 5.26 Å². The van der Waals surface area contributed by atoms with Crippen LogP contribution in [0.4, 0.5) is 5.82 Å². The largest absolute Gasteiger partial charge is 0.488 e. The van der Waals surface area contributed by atoms with Crippen LogP contribution in [0.2, 0.25) is 0 Å². The molecule has 9 nitrogen and oxygen atoms in total. The lowest BCUT2D eigenvalue weighted by molar-refractivity contribution is -0.163. The molecular weight excluding hydrogens is 480 g/mol. The quantitative estimate of drug-likeness (QED) is 0.510. The van der Waals surface area contributed by atoms with Gasteiger partial charge in [-0.3, -0.25) is 9.78 Å². The van der Waals surface area contributed by atoms with Crippen LogP contribution in [-0.2, 0) is 0 Å². The second kappa shape index (κ2) is 9.84. The number of ether oxygens (including phenoxy) is 1. The number of hydrogen-bond donors (Lipinski definition) is 2. The highest BCUT2D eigenvalue weighted by molar-refractivity contribution is 5.92. The molecule has 2 aliphatic rings. The summed E-state index contributed by atoms with van der Waals surface area (Å²) in [5, 5.41) is 31.3. The van der Waals surface area contributed by atoms with Gasteiger partial charge < -0.3 is 20.1 Å². The first-order valence-corrected chi connectivity index (χ1v) is 13.1. The molecule has 0 bridgehead atoms. The van der Waals surface area contributed by atoms with Gasteiger partial charge in [-0.15, -0.1) is 10.2 Å². The van der Waals surface area contributed by atoms with E-state index in [0.29, 0.717) is 22.7 Å². The van der Waals surface area contributed by atoms with Gasteiger partial charge in [-0.1, -0.05) is 27.7 Å². The van der Waals surface area contributed by atoms with Crippen molar-refractivity contribution in [3.05, 3.63) is 53.9 Å². The molecule has 38 heavy (non-hydrogen) atoms. The van der Waals surface area contributed by atoms with Crippen LogP contribution in [0.25, 0.3) is 10.9 Å². The highest BCUT2D eigenvalue weighted by Crippen LogP contribution is 2.56. The standard InChI is InChI=1S/C29H34N6O3/c1-28(2)26(32-25(37)21-8-10-23(34-33-21)35-14-11-18(17-36)12-15-35)29(3,4)27(28)38-22-9-7-19(16-30)24-20(22)6-5-13-31-24/h5-10,13,18,26-27,36H,11-12,14-15,17H2,1-4H3,(H,32,37)/t26-,27-. The van der Waals surface area contributed by atoms with E-state index in [-0.39, 0.29) is 41.2 Å². The van der Waals surface area contributed by atoms with E-state index in [4.69, 9.17) is 4.74 Å². The Morgan fingerprint density at radius 1 is 1.13 bits per heavy atom. The third-order valence-corrected chi connectivity index (χ3v) is 8.29. The summed E-state index contributed by atoms with van der Waals surface area (Å²) in [5.74, 6) is 1.51. The fraction of sp³-hybridized carbons (Fsp3) is 0.483. The molecule has 5 rings (SSSR count). The number of carbonyl (C=O) groups is 1. The Hall–Kier alpha value is -3.77. The van der Waals surface area contributed by atoms with Gasteiger partial charge in [0.25, 0.3) is 5.91 Å². The van der Waals surface area contributed by atoms with Gasteiger partial charge in [0.05, 0.1) is 11.1 Å². The molecule has 2 aromatic heterocycles. The number of fused-ring (bicyclic) bond motifs is 1. The molecule has 9 heteroatoms. The summed E-state index contributed by atoms with van der Waals surface area (Å²) in [6.07, 6.45) is 3.32. The van der Waals surface area contributed by atoms with E-state index in [1.807, 2.05) is 24.3 Å². The predicted octanol–water partition coefficient (Wildman–Crippen LogP) is 3.72. The Morgan fingerprint density at radius 2 is 1.87 bits per heavy atom. The van der Waals surface area contributed by atoms with Crippen molar-refractivity contribution < 1.29 is 14.6 Å². The summed E-state index contributed by atoms with van der Waals surface area (Å²) >= 11 is 0. The van der Waals surface area contributed by atoms with Gasteiger partial charge >= 0.3 is 0 Å². The fourth-order valence-electron chi connectivity index (χ4n) is 6.43. The van der Waals surface area contributed by atoms with Crippen LogP contribution < -0.4 is 15.0 Å². The highest BCUT2D eigenvalue weighted by atomic mass is 16.5. The van der Waals surface area contributed by atoms with Crippen molar-refractivity contribution in [2.45, 2.75) is 52.7 Å². The van der Waals surface area contributed by atoms with E-state index in [0.717, 1.165) is 37.1 Å². The Labute approximate surface area is 222 Å². The third kappa shape index (κ3) is 4.43. The smallest absolute Gasteiger partial charge is 0.272 e. The number of hydrogen-bond acceptors (Lipinski definition) is 8. The number of amides is 1. The average Bonchev–Trinajstić information content (AvgIpc) is 2.94. The first kappa shape index (κ1) is 25.9. The predicted molar refractivity (Wildman–Crippen MR) is 144 cm³/mol. The van der Waals surface area contributed by atoms with Crippen molar-refractivity contribution in [3.63, 3.8) is 0 Å². The third-order valence-electron chi connectivity index (χ3n) is 8.29. The summed E-state index contributed by atoms with van der Waals surface area (Å²) in [6, 6.07) is 12.9. The molecule has 0 unspecified atom stereocenters. The molecule has 0 spiro atoms. The van der Waals surface area contributed by atoms with Gasteiger partial charge in [-0.25, -0.2) is 0 Å². The topological polar surface area (TPSA) is 124 Å². The number of pyridine rings is 1. The molecule has 1 aliphatic carbocycles. The van der Waals surface area contributed by atoms with Crippen LogP contribution in [0.3, 0.4) is 0 Å². The molecule has 0 atom stereocenters. The number of anilines is 1. The molecule has 1 saturated carbocycles. The maximum atomic E-state index is 13.2. The summed E-state index contributed by atoms with van der Waals surface area (Å²) in [5.41, 5.74) is 0.663. The zero-order chi connectivity index (χ0) is 27.1. The Morgan fingerprint density at radius 3 is 2.50 bits per heavy atom. The van der Waals surface area contributed by atoms with E-state index >= 15 is 0 Å². The van der Waals surface area contributed by atoms with E-state index < -0.39 is 0 Å². The molecule has 2 fully saturated rings. The number of nitrogens with zero attached hydrogens (tertiary/aromatic N) is 5. The number of nitriles is 1. The van der Waals surface area contributed by atoms with Crippen molar-refractivity contribution in [1.29, 1.82) is 5.26 Å². The van der Waals surface area contributed by atoms with Crippen LogP contribution in [0, 0.1) is 28.1 Å². The Kier molecular flexibility index (Phi) is 6.70. The molecule has 3 heterocycles. The normalized spacial score (nSPS) is 22.4. The van der Waals surface area contributed by atoms with Crippen LogP contribution >= 0.6 is 0 Å². The number of aliphatic hydroxyl groups excluding tert-OH is 1. The molecule has 1 aromatic carbocycles.